The zero-order valence-corrected chi connectivity index (χ0v) is 8.39. The Labute approximate surface area is 83.9 Å². The summed E-state index contributed by atoms with van der Waals surface area (Å²) in [6.45, 7) is 3.24. The normalized spacial score (nSPS) is 12.5. The van der Waals surface area contributed by atoms with Crippen molar-refractivity contribution < 1.29 is 13.2 Å². The molecule has 0 aliphatic carbocycles. The quantitative estimate of drug-likeness (QED) is 0.727. The first-order valence-corrected chi connectivity index (χ1v) is 4.48. The van der Waals surface area contributed by atoms with E-state index in [1.807, 2.05) is 0 Å². The van der Waals surface area contributed by atoms with E-state index in [-0.39, 0.29) is 17.7 Å². The third-order valence-electron chi connectivity index (χ3n) is 1.66. The summed E-state index contributed by atoms with van der Waals surface area (Å²) in [4.78, 5) is 0. The minimum atomic E-state index is -4.48. The Morgan fingerprint density at radius 1 is 1.36 bits per heavy atom. The van der Waals surface area contributed by atoms with E-state index in [1.54, 1.807) is 13.8 Å². The summed E-state index contributed by atoms with van der Waals surface area (Å²) >= 11 is 5.45. The average molecular weight is 228 g/mol. The molecule has 0 saturated carbocycles. The molecule has 1 aromatic rings. The van der Waals surface area contributed by atoms with E-state index in [1.165, 1.54) is 0 Å². The van der Waals surface area contributed by atoms with Gasteiger partial charge >= 0.3 is 6.18 Å². The lowest BCUT2D eigenvalue weighted by Gasteiger charge is -2.14. The van der Waals surface area contributed by atoms with Gasteiger partial charge in [-0.05, 0) is 13.8 Å². The van der Waals surface area contributed by atoms with Gasteiger partial charge in [-0.2, -0.15) is 13.2 Å². The van der Waals surface area contributed by atoms with Crippen LogP contribution in [0.25, 0.3) is 0 Å². The number of hydrogen-bond donors (Lipinski definition) is 0. The maximum absolute atomic E-state index is 12.4. The van der Waals surface area contributed by atoms with Gasteiger partial charge in [0.05, 0.1) is 5.88 Å². The highest BCUT2D eigenvalue weighted by molar-refractivity contribution is 6.16. The van der Waals surface area contributed by atoms with Gasteiger partial charge in [0, 0.05) is 6.04 Å². The second-order valence-corrected chi connectivity index (χ2v) is 3.30. The lowest BCUT2D eigenvalue weighted by molar-refractivity contribution is -0.148. The molecule has 3 nitrogen and oxygen atoms in total. The summed E-state index contributed by atoms with van der Waals surface area (Å²) in [5.74, 6) is -0.946. The SMILES string of the molecule is CC(C)n1c(CCl)nnc1C(F)(F)F. The van der Waals surface area contributed by atoms with Gasteiger partial charge in [0.2, 0.25) is 5.82 Å². The van der Waals surface area contributed by atoms with Crippen LogP contribution < -0.4 is 0 Å². The van der Waals surface area contributed by atoms with Crippen molar-refractivity contribution in [3.05, 3.63) is 11.6 Å². The maximum atomic E-state index is 12.4. The van der Waals surface area contributed by atoms with Crippen LogP contribution in [-0.2, 0) is 12.1 Å². The highest BCUT2D eigenvalue weighted by atomic mass is 35.5. The largest absolute Gasteiger partial charge is 0.451 e. The lowest BCUT2D eigenvalue weighted by atomic mass is 10.3. The third-order valence-corrected chi connectivity index (χ3v) is 1.89. The summed E-state index contributed by atoms with van der Waals surface area (Å²) in [5, 5.41) is 6.47. The molecule has 0 saturated heterocycles. The molecule has 0 fully saturated rings. The summed E-state index contributed by atoms with van der Waals surface area (Å²) < 4.78 is 38.2. The summed E-state index contributed by atoms with van der Waals surface area (Å²) in [7, 11) is 0. The monoisotopic (exact) mass is 227 g/mol. The molecule has 0 aliphatic rings. The third kappa shape index (κ3) is 2.00. The zero-order valence-electron chi connectivity index (χ0n) is 7.64. The van der Waals surface area contributed by atoms with Crippen molar-refractivity contribution in [3.8, 4) is 0 Å². The molecule has 0 atom stereocenters. The molecule has 0 radical (unpaired) electrons. The van der Waals surface area contributed by atoms with Gasteiger partial charge in [0.25, 0.3) is 0 Å². The van der Waals surface area contributed by atoms with Crippen molar-refractivity contribution >= 4 is 11.6 Å². The van der Waals surface area contributed by atoms with Crippen molar-refractivity contribution in [2.75, 3.05) is 0 Å². The molecule has 1 rings (SSSR count). The highest BCUT2D eigenvalue weighted by Gasteiger charge is 2.38. The molecule has 7 heteroatoms. The van der Waals surface area contributed by atoms with E-state index in [2.05, 4.69) is 10.2 Å². The van der Waals surface area contributed by atoms with Crippen molar-refractivity contribution in [1.82, 2.24) is 14.8 Å². The van der Waals surface area contributed by atoms with Crippen LogP contribution in [0.2, 0.25) is 0 Å². The Balaban J connectivity index is 3.25. The van der Waals surface area contributed by atoms with Crippen LogP contribution in [0.4, 0.5) is 13.2 Å². The van der Waals surface area contributed by atoms with Gasteiger partial charge in [0.15, 0.2) is 0 Å². The van der Waals surface area contributed by atoms with Crippen molar-refractivity contribution in [1.29, 1.82) is 0 Å². The fourth-order valence-corrected chi connectivity index (χ4v) is 1.33. The van der Waals surface area contributed by atoms with E-state index >= 15 is 0 Å². The Kier molecular flexibility index (Phi) is 3.04. The lowest BCUT2D eigenvalue weighted by Crippen LogP contribution is -2.17. The van der Waals surface area contributed by atoms with Gasteiger partial charge in [-0.15, -0.1) is 21.8 Å². The first-order valence-electron chi connectivity index (χ1n) is 3.95. The first-order chi connectivity index (χ1) is 6.38. The average Bonchev–Trinajstić information content (AvgIpc) is 2.45. The number of nitrogens with zero attached hydrogens (tertiary/aromatic N) is 3. The fraction of sp³-hybridized carbons (Fsp3) is 0.714. The second kappa shape index (κ2) is 3.76. The fourth-order valence-electron chi connectivity index (χ4n) is 1.15. The van der Waals surface area contributed by atoms with E-state index in [0.29, 0.717) is 0 Å². The van der Waals surface area contributed by atoms with Crippen LogP contribution in [0, 0.1) is 0 Å². The molecule has 0 aliphatic heterocycles. The summed E-state index contributed by atoms with van der Waals surface area (Å²) in [6, 6.07) is -0.365. The van der Waals surface area contributed by atoms with Crippen LogP contribution in [0.3, 0.4) is 0 Å². The second-order valence-electron chi connectivity index (χ2n) is 3.03. The molecule has 0 unspecified atom stereocenters. The Hall–Kier alpha value is -0.780. The number of halogens is 4. The smallest absolute Gasteiger partial charge is 0.304 e. The standard InChI is InChI=1S/C7H9ClF3N3/c1-4(2)14-5(3-8)12-13-6(14)7(9,10)11/h4H,3H2,1-2H3. The molecule has 0 spiro atoms. The van der Waals surface area contributed by atoms with Crippen LogP contribution in [0.1, 0.15) is 31.5 Å². The molecular weight excluding hydrogens is 219 g/mol. The van der Waals surface area contributed by atoms with Gasteiger partial charge in [-0.25, -0.2) is 0 Å². The molecule has 0 amide bonds. The maximum Gasteiger partial charge on any atom is 0.451 e. The van der Waals surface area contributed by atoms with Crippen LogP contribution in [0.15, 0.2) is 0 Å². The minimum Gasteiger partial charge on any atom is -0.304 e. The zero-order chi connectivity index (χ0) is 10.9. The van der Waals surface area contributed by atoms with Gasteiger partial charge in [-0.3, -0.25) is 0 Å². The van der Waals surface area contributed by atoms with Gasteiger partial charge < -0.3 is 4.57 Å². The van der Waals surface area contributed by atoms with E-state index in [9.17, 15) is 13.2 Å². The Morgan fingerprint density at radius 2 is 1.93 bits per heavy atom. The minimum absolute atomic E-state index is 0.0821. The molecule has 0 bridgehead atoms. The number of alkyl halides is 4. The van der Waals surface area contributed by atoms with Gasteiger partial charge in [-0.1, -0.05) is 0 Å². The van der Waals surface area contributed by atoms with E-state index in [0.717, 1.165) is 4.57 Å². The van der Waals surface area contributed by atoms with Crippen LogP contribution in [0.5, 0.6) is 0 Å². The first kappa shape index (κ1) is 11.3. The van der Waals surface area contributed by atoms with Crippen LogP contribution >= 0.6 is 11.6 Å². The summed E-state index contributed by atoms with van der Waals surface area (Å²) in [6.07, 6.45) is -4.48. The molecule has 1 aromatic heterocycles. The molecule has 1 heterocycles. The molecule has 80 valence electrons. The van der Waals surface area contributed by atoms with Crippen molar-refractivity contribution in [2.24, 2.45) is 0 Å². The van der Waals surface area contributed by atoms with Gasteiger partial charge in [0.1, 0.15) is 5.82 Å². The predicted octanol–water partition coefficient (Wildman–Crippen LogP) is 2.62. The topological polar surface area (TPSA) is 30.7 Å². The summed E-state index contributed by atoms with van der Waals surface area (Å²) in [5.41, 5.74) is 0. The molecular formula is C7H9ClF3N3. The molecule has 0 aromatic carbocycles. The van der Waals surface area contributed by atoms with Crippen LogP contribution in [-0.4, -0.2) is 14.8 Å². The van der Waals surface area contributed by atoms with Crippen molar-refractivity contribution in [2.45, 2.75) is 31.9 Å². The highest BCUT2D eigenvalue weighted by Crippen LogP contribution is 2.30. The number of aromatic nitrogens is 3. The molecule has 0 N–H and O–H groups in total. The number of rotatable bonds is 2. The molecule has 14 heavy (non-hydrogen) atoms. The Morgan fingerprint density at radius 3 is 2.29 bits per heavy atom. The number of hydrogen-bond acceptors (Lipinski definition) is 2. The predicted molar refractivity (Wildman–Crippen MR) is 45.0 cm³/mol. The Bertz CT molecular complexity index is 318. The van der Waals surface area contributed by atoms with Crippen molar-refractivity contribution in [3.63, 3.8) is 0 Å². The van der Waals surface area contributed by atoms with E-state index < -0.39 is 12.0 Å². The van der Waals surface area contributed by atoms with E-state index in [4.69, 9.17) is 11.6 Å².